The smallest absolute Gasteiger partial charge is 0.217 e. The molecule has 1 aliphatic rings. The Bertz CT molecular complexity index is 931. The number of aliphatic hydroxyl groups excluding tert-OH is 1. The molecule has 0 aromatic heterocycles. The van der Waals surface area contributed by atoms with Gasteiger partial charge in [0.1, 0.15) is 11.6 Å². The number of nitrogens with one attached hydrogen (secondary N) is 2. The van der Waals surface area contributed by atoms with Gasteiger partial charge in [0.25, 0.3) is 0 Å². The van der Waals surface area contributed by atoms with E-state index in [-0.39, 0.29) is 24.9 Å². The van der Waals surface area contributed by atoms with E-state index in [1.165, 1.54) is 35.9 Å². The van der Waals surface area contributed by atoms with Crippen molar-refractivity contribution in [3.63, 3.8) is 0 Å². The standard InChI is InChI=1S/C25H33F2N3O2/c1-15(2)18-5-6-24-21(12-18)22(7-8-30(24)4)28-14-25(32)23(29-16(3)31)11-17-9-19(26)13-20(27)10-17/h5-6,9-10,12-13,15,22-23,25,28,32H,7-8,11,14H2,1-4H3,(H,29,31)/t22-,23-,25-/m0/s1. The van der Waals surface area contributed by atoms with Gasteiger partial charge < -0.3 is 20.6 Å². The predicted octanol–water partition coefficient (Wildman–Crippen LogP) is 3.67. The van der Waals surface area contributed by atoms with Crippen LogP contribution in [-0.2, 0) is 11.2 Å². The molecule has 7 heteroatoms. The zero-order valence-electron chi connectivity index (χ0n) is 19.2. The summed E-state index contributed by atoms with van der Waals surface area (Å²) in [5, 5.41) is 17.0. The van der Waals surface area contributed by atoms with Crippen LogP contribution in [0.25, 0.3) is 0 Å². The Balaban J connectivity index is 1.73. The van der Waals surface area contributed by atoms with Gasteiger partial charge in [-0.2, -0.15) is 0 Å². The number of halogens is 2. The lowest BCUT2D eigenvalue weighted by Crippen LogP contribution is -2.49. The van der Waals surface area contributed by atoms with Crippen LogP contribution >= 0.6 is 0 Å². The highest BCUT2D eigenvalue weighted by Gasteiger charge is 2.27. The normalized spacial score (nSPS) is 17.8. The SMILES string of the molecule is CC(=O)N[C@@H](Cc1cc(F)cc(F)c1)[C@@H](O)CN[C@H]1CCN(C)c2ccc(C(C)C)cc21. The minimum absolute atomic E-state index is 0.0687. The van der Waals surface area contributed by atoms with Crippen molar-refractivity contribution < 1.29 is 18.7 Å². The van der Waals surface area contributed by atoms with Gasteiger partial charge in [-0.1, -0.05) is 26.0 Å². The van der Waals surface area contributed by atoms with Gasteiger partial charge in [0.15, 0.2) is 0 Å². The number of fused-ring (bicyclic) bond motifs is 1. The molecular formula is C25H33F2N3O2. The van der Waals surface area contributed by atoms with Crippen molar-refractivity contribution in [2.45, 2.75) is 57.7 Å². The highest BCUT2D eigenvalue weighted by atomic mass is 19.1. The Morgan fingerprint density at radius 3 is 2.50 bits per heavy atom. The van der Waals surface area contributed by atoms with Crippen molar-refractivity contribution in [1.82, 2.24) is 10.6 Å². The molecule has 1 aliphatic heterocycles. The number of carbonyl (C=O) groups excluding carboxylic acids is 1. The maximum atomic E-state index is 13.6. The van der Waals surface area contributed by atoms with E-state index in [2.05, 4.69) is 54.6 Å². The number of carbonyl (C=O) groups is 1. The minimum Gasteiger partial charge on any atom is -0.390 e. The van der Waals surface area contributed by atoms with E-state index in [4.69, 9.17) is 0 Å². The minimum atomic E-state index is -0.929. The summed E-state index contributed by atoms with van der Waals surface area (Å²) in [5.41, 5.74) is 4.00. The highest BCUT2D eigenvalue weighted by molar-refractivity contribution is 5.73. The zero-order valence-corrected chi connectivity index (χ0v) is 19.2. The van der Waals surface area contributed by atoms with Gasteiger partial charge in [-0.3, -0.25) is 4.79 Å². The fourth-order valence-electron chi connectivity index (χ4n) is 4.30. The number of hydrogen-bond acceptors (Lipinski definition) is 4. The number of aliphatic hydroxyl groups is 1. The Morgan fingerprint density at radius 2 is 1.88 bits per heavy atom. The van der Waals surface area contributed by atoms with E-state index in [9.17, 15) is 18.7 Å². The second kappa shape index (κ2) is 10.4. The Hall–Kier alpha value is -2.51. The summed E-state index contributed by atoms with van der Waals surface area (Å²) < 4.78 is 27.2. The third-order valence-corrected chi connectivity index (χ3v) is 6.06. The molecule has 0 fully saturated rings. The summed E-state index contributed by atoms with van der Waals surface area (Å²) >= 11 is 0. The summed E-state index contributed by atoms with van der Waals surface area (Å²) in [6, 6.07) is 9.17. The molecule has 0 saturated carbocycles. The van der Waals surface area contributed by atoms with Gasteiger partial charge in [-0.15, -0.1) is 0 Å². The lowest BCUT2D eigenvalue weighted by atomic mass is 9.91. The second-order valence-corrected chi connectivity index (χ2v) is 9.00. The lowest BCUT2D eigenvalue weighted by molar-refractivity contribution is -0.120. The van der Waals surface area contributed by atoms with Crippen LogP contribution in [-0.4, -0.2) is 43.3 Å². The average molecular weight is 446 g/mol. The molecule has 0 radical (unpaired) electrons. The van der Waals surface area contributed by atoms with Gasteiger partial charge in [0.2, 0.25) is 5.91 Å². The third kappa shape index (κ3) is 6.04. The van der Waals surface area contributed by atoms with Crippen LogP contribution in [0.5, 0.6) is 0 Å². The highest BCUT2D eigenvalue weighted by Crippen LogP contribution is 2.35. The zero-order chi connectivity index (χ0) is 23.4. The van der Waals surface area contributed by atoms with E-state index in [1.807, 2.05) is 0 Å². The van der Waals surface area contributed by atoms with Crippen molar-refractivity contribution >= 4 is 11.6 Å². The quantitative estimate of drug-likeness (QED) is 0.580. The Kier molecular flexibility index (Phi) is 7.85. The number of benzene rings is 2. The van der Waals surface area contributed by atoms with E-state index in [1.54, 1.807) is 0 Å². The van der Waals surface area contributed by atoms with Gasteiger partial charge in [-0.05, 0) is 53.6 Å². The van der Waals surface area contributed by atoms with Crippen LogP contribution < -0.4 is 15.5 Å². The molecule has 174 valence electrons. The molecule has 0 bridgehead atoms. The number of hydrogen-bond donors (Lipinski definition) is 3. The van der Waals surface area contributed by atoms with E-state index in [0.29, 0.717) is 11.5 Å². The number of rotatable bonds is 8. The van der Waals surface area contributed by atoms with E-state index >= 15 is 0 Å². The molecule has 0 aliphatic carbocycles. The Labute approximate surface area is 188 Å². The molecule has 2 aromatic carbocycles. The van der Waals surface area contributed by atoms with Crippen LogP contribution in [0.1, 0.15) is 55.8 Å². The molecule has 3 N–H and O–H groups in total. The molecule has 3 atom stereocenters. The van der Waals surface area contributed by atoms with Gasteiger partial charge in [0.05, 0.1) is 12.1 Å². The molecular weight excluding hydrogens is 412 g/mol. The summed E-state index contributed by atoms with van der Waals surface area (Å²) in [7, 11) is 2.07. The van der Waals surface area contributed by atoms with Crippen molar-refractivity contribution in [3.05, 3.63) is 64.7 Å². The van der Waals surface area contributed by atoms with Crippen LogP contribution in [0.15, 0.2) is 36.4 Å². The third-order valence-electron chi connectivity index (χ3n) is 6.06. The van der Waals surface area contributed by atoms with Gasteiger partial charge in [0, 0.05) is 44.9 Å². The van der Waals surface area contributed by atoms with Crippen LogP contribution in [0.3, 0.4) is 0 Å². The Morgan fingerprint density at radius 1 is 1.19 bits per heavy atom. The number of nitrogens with zero attached hydrogens (tertiary/aromatic N) is 1. The molecule has 32 heavy (non-hydrogen) atoms. The fourth-order valence-corrected chi connectivity index (χ4v) is 4.30. The van der Waals surface area contributed by atoms with Gasteiger partial charge in [-0.25, -0.2) is 8.78 Å². The molecule has 0 spiro atoms. The molecule has 5 nitrogen and oxygen atoms in total. The predicted molar refractivity (Wildman–Crippen MR) is 123 cm³/mol. The maximum absolute atomic E-state index is 13.6. The number of amides is 1. The molecule has 3 rings (SSSR count). The first-order valence-corrected chi connectivity index (χ1v) is 11.1. The molecule has 1 amide bonds. The summed E-state index contributed by atoms with van der Waals surface area (Å²) in [5.74, 6) is -1.26. The van der Waals surface area contributed by atoms with Crippen molar-refractivity contribution in [3.8, 4) is 0 Å². The monoisotopic (exact) mass is 445 g/mol. The topological polar surface area (TPSA) is 64.6 Å². The number of anilines is 1. The van der Waals surface area contributed by atoms with Crippen LogP contribution in [0.4, 0.5) is 14.5 Å². The molecule has 0 unspecified atom stereocenters. The first-order valence-electron chi connectivity index (χ1n) is 11.1. The average Bonchev–Trinajstić information content (AvgIpc) is 2.71. The lowest BCUT2D eigenvalue weighted by Gasteiger charge is -2.35. The summed E-state index contributed by atoms with van der Waals surface area (Å²) in [6.45, 7) is 6.81. The van der Waals surface area contributed by atoms with E-state index < -0.39 is 23.8 Å². The van der Waals surface area contributed by atoms with Crippen molar-refractivity contribution in [2.75, 3.05) is 25.0 Å². The first kappa shape index (κ1) is 24.1. The maximum Gasteiger partial charge on any atom is 0.217 e. The van der Waals surface area contributed by atoms with Crippen LogP contribution in [0, 0.1) is 11.6 Å². The first-order chi connectivity index (χ1) is 15.1. The van der Waals surface area contributed by atoms with Crippen LogP contribution in [0.2, 0.25) is 0 Å². The largest absolute Gasteiger partial charge is 0.390 e. The summed E-state index contributed by atoms with van der Waals surface area (Å²) in [4.78, 5) is 13.9. The fraction of sp³-hybridized carbons (Fsp3) is 0.480. The van der Waals surface area contributed by atoms with E-state index in [0.717, 1.165) is 19.0 Å². The van der Waals surface area contributed by atoms with Crippen molar-refractivity contribution in [1.29, 1.82) is 0 Å². The summed E-state index contributed by atoms with van der Waals surface area (Å²) in [6.07, 6.45) is 0.0811. The molecule has 0 saturated heterocycles. The molecule has 1 heterocycles. The molecule has 2 aromatic rings. The van der Waals surface area contributed by atoms with Crippen molar-refractivity contribution in [2.24, 2.45) is 0 Å². The second-order valence-electron chi connectivity index (χ2n) is 9.00. The van der Waals surface area contributed by atoms with Gasteiger partial charge >= 0.3 is 0 Å².